The van der Waals surface area contributed by atoms with Crippen molar-refractivity contribution in [1.29, 1.82) is 0 Å². The van der Waals surface area contributed by atoms with E-state index in [1.165, 1.54) is 44.9 Å². The van der Waals surface area contributed by atoms with Crippen molar-refractivity contribution in [2.24, 2.45) is 11.5 Å². The van der Waals surface area contributed by atoms with Crippen LogP contribution in [0.15, 0.2) is 0 Å². The highest BCUT2D eigenvalue weighted by atomic mass is 14.6. The van der Waals surface area contributed by atoms with E-state index in [2.05, 4.69) is 0 Å². The van der Waals surface area contributed by atoms with Crippen molar-refractivity contribution in [1.82, 2.24) is 0 Å². The fourth-order valence-electron chi connectivity index (χ4n) is 1.40. The lowest BCUT2D eigenvalue weighted by atomic mass is 9.95. The fraction of sp³-hybridized carbons (Fsp3) is 1.00. The summed E-state index contributed by atoms with van der Waals surface area (Å²) >= 11 is 0. The molecule has 0 aromatic heterocycles. The van der Waals surface area contributed by atoms with Gasteiger partial charge in [-0.05, 0) is 25.7 Å². The summed E-state index contributed by atoms with van der Waals surface area (Å²) in [6.45, 7) is 0. The van der Waals surface area contributed by atoms with Crippen molar-refractivity contribution in [2.45, 2.75) is 57.0 Å². The van der Waals surface area contributed by atoms with Crippen LogP contribution in [0.2, 0.25) is 0 Å². The Labute approximate surface area is 69.3 Å². The zero-order chi connectivity index (χ0) is 8.10. The molecule has 66 valence electrons. The molecule has 0 atom stereocenters. The largest absolute Gasteiger partial charge is 0.328 e. The van der Waals surface area contributed by atoms with Gasteiger partial charge in [-0.2, -0.15) is 0 Å². The van der Waals surface area contributed by atoms with Gasteiger partial charge in [0.15, 0.2) is 0 Å². The Morgan fingerprint density at radius 3 is 1.09 bits per heavy atom. The van der Waals surface area contributed by atoms with Crippen molar-refractivity contribution < 1.29 is 0 Å². The van der Waals surface area contributed by atoms with E-state index >= 15 is 0 Å². The van der Waals surface area contributed by atoms with Crippen LogP contribution in [0.4, 0.5) is 0 Å². The first-order chi connectivity index (χ1) is 5.29. The minimum Gasteiger partial charge on any atom is -0.328 e. The molecule has 2 saturated carbocycles. The van der Waals surface area contributed by atoms with Crippen LogP contribution in [0.3, 0.4) is 0 Å². The molecular formula is C9H20N2. The van der Waals surface area contributed by atoms with Gasteiger partial charge in [0.2, 0.25) is 0 Å². The van der Waals surface area contributed by atoms with Crippen LogP contribution < -0.4 is 11.5 Å². The summed E-state index contributed by atoms with van der Waals surface area (Å²) < 4.78 is 0. The van der Waals surface area contributed by atoms with E-state index in [9.17, 15) is 0 Å². The second-order valence-corrected chi connectivity index (χ2v) is 3.74. The topological polar surface area (TPSA) is 52.0 Å². The molecule has 0 aromatic carbocycles. The Morgan fingerprint density at radius 2 is 1.00 bits per heavy atom. The highest BCUT2D eigenvalue weighted by molar-refractivity contribution is 4.70. The summed E-state index contributed by atoms with van der Waals surface area (Å²) in [7, 11) is 0. The molecule has 11 heavy (non-hydrogen) atoms. The van der Waals surface area contributed by atoms with Crippen LogP contribution in [0.1, 0.15) is 44.9 Å². The highest BCUT2D eigenvalue weighted by Gasteiger charge is 2.09. The van der Waals surface area contributed by atoms with Gasteiger partial charge in [-0.3, -0.25) is 0 Å². The summed E-state index contributed by atoms with van der Waals surface area (Å²) in [6.07, 6.45) is 9.14. The van der Waals surface area contributed by atoms with E-state index in [0.717, 1.165) is 0 Å². The van der Waals surface area contributed by atoms with Gasteiger partial charge < -0.3 is 11.5 Å². The maximum atomic E-state index is 5.53. The molecular weight excluding hydrogens is 136 g/mol. The van der Waals surface area contributed by atoms with Crippen molar-refractivity contribution in [3.8, 4) is 0 Å². The van der Waals surface area contributed by atoms with Gasteiger partial charge in [0.1, 0.15) is 0 Å². The zero-order valence-electron chi connectivity index (χ0n) is 7.26. The first kappa shape index (κ1) is 9.01. The lowest BCUT2D eigenvalue weighted by Gasteiger charge is -2.18. The summed E-state index contributed by atoms with van der Waals surface area (Å²) in [6, 6.07) is 1.11. The van der Waals surface area contributed by atoms with Gasteiger partial charge >= 0.3 is 0 Å². The molecule has 2 aliphatic carbocycles. The van der Waals surface area contributed by atoms with Crippen LogP contribution in [0.5, 0.6) is 0 Å². The number of nitrogens with two attached hydrogens (primary N) is 2. The Hall–Kier alpha value is -0.0800. The van der Waals surface area contributed by atoms with Crippen molar-refractivity contribution in [3.63, 3.8) is 0 Å². The third kappa shape index (κ3) is 3.73. The quantitative estimate of drug-likeness (QED) is 0.557. The van der Waals surface area contributed by atoms with Gasteiger partial charge in [0.05, 0.1) is 0 Å². The standard InChI is InChI=1S/C5H11N.C4H9N/c6-5-3-1-2-4-5;5-4-2-1-3-4/h5H,1-4,6H2;4H,1-3,5H2. The van der Waals surface area contributed by atoms with Gasteiger partial charge in [-0.15, -0.1) is 0 Å². The SMILES string of the molecule is NC1CCC1.NC1CCCC1. The molecule has 0 spiro atoms. The predicted molar refractivity (Wildman–Crippen MR) is 48.3 cm³/mol. The van der Waals surface area contributed by atoms with Crippen LogP contribution in [0.25, 0.3) is 0 Å². The molecule has 0 amide bonds. The Bertz CT molecular complexity index is 93.7. The van der Waals surface area contributed by atoms with Crippen LogP contribution in [0, 0.1) is 0 Å². The number of hydrogen-bond donors (Lipinski definition) is 2. The lowest BCUT2D eigenvalue weighted by molar-refractivity contribution is 0.418. The summed E-state index contributed by atoms with van der Waals surface area (Å²) in [5.74, 6) is 0. The van der Waals surface area contributed by atoms with Gasteiger partial charge in [-0.25, -0.2) is 0 Å². The van der Waals surface area contributed by atoms with Crippen LogP contribution in [-0.4, -0.2) is 12.1 Å². The maximum absolute atomic E-state index is 5.53. The van der Waals surface area contributed by atoms with Gasteiger partial charge in [-0.1, -0.05) is 19.3 Å². The molecule has 2 nitrogen and oxygen atoms in total. The van der Waals surface area contributed by atoms with Crippen LogP contribution in [-0.2, 0) is 0 Å². The summed E-state index contributed by atoms with van der Waals surface area (Å²) in [5, 5.41) is 0. The second kappa shape index (κ2) is 4.73. The van der Waals surface area contributed by atoms with E-state index in [1.807, 2.05) is 0 Å². The smallest absolute Gasteiger partial charge is 0.00388 e. The minimum absolute atomic E-state index is 0.546. The molecule has 0 aliphatic heterocycles. The molecule has 0 saturated heterocycles. The van der Waals surface area contributed by atoms with Crippen LogP contribution >= 0.6 is 0 Å². The monoisotopic (exact) mass is 156 g/mol. The number of rotatable bonds is 0. The lowest BCUT2D eigenvalue weighted by Crippen LogP contribution is -2.27. The van der Waals surface area contributed by atoms with E-state index in [0.29, 0.717) is 12.1 Å². The first-order valence-corrected chi connectivity index (χ1v) is 4.80. The molecule has 2 fully saturated rings. The average molecular weight is 156 g/mol. The normalized spacial score (nSPS) is 25.6. The van der Waals surface area contributed by atoms with Crippen molar-refractivity contribution in [3.05, 3.63) is 0 Å². The molecule has 0 radical (unpaired) electrons. The molecule has 2 heteroatoms. The third-order valence-corrected chi connectivity index (χ3v) is 2.55. The Kier molecular flexibility index (Phi) is 3.87. The molecule has 0 bridgehead atoms. The Balaban J connectivity index is 0.000000112. The van der Waals surface area contributed by atoms with E-state index in [4.69, 9.17) is 11.5 Å². The highest BCUT2D eigenvalue weighted by Crippen LogP contribution is 2.14. The fourth-order valence-corrected chi connectivity index (χ4v) is 1.40. The third-order valence-electron chi connectivity index (χ3n) is 2.55. The predicted octanol–water partition coefficient (Wildman–Crippen LogP) is 1.39. The maximum Gasteiger partial charge on any atom is 0.00388 e. The average Bonchev–Trinajstić information content (AvgIpc) is 2.36. The van der Waals surface area contributed by atoms with Crippen molar-refractivity contribution in [2.75, 3.05) is 0 Å². The molecule has 0 unspecified atom stereocenters. The number of hydrogen-bond acceptors (Lipinski definition) is 2. The molecule has 2 aliphatic rings. The molecule has 0 aromatic rings. The molecule has 4 N–H and O–H groups in total. The minimum atomic E-state index is 0.546. The summed E-state index contributed by atoms with van der Waals surface area (Å²) in [5.41, 5.74) is 10.9. The molecule has 2 rings (SSSR count). The zero-order valence-corrected chi connectivity index (χ0v) is 7.26. The molecule has 0 heterocycles. The summed E-state index contributed by atoms with van der Waals surface area (Å²) in [4.78, 5) is 0. The van der Waals surface area contributed by atoms with Gasteiger partial charge in [0.25, 0.3) is 0 Å². The van der Waals surface area contributed by atoms with Gasteiger partial charge in [0, 0.05) is 12.1 Å². The van der Waals surface area contributed by atoms with E-state index in [1.54, 1.807) is 0 Å². The first-order valence-electron chi connectivity index (χ1n) is 4.80. The van der Waals surface area contributed by atoms with E-state index < -0.39 is 0 Å². The Morgan fingerprint density at radius 1 is 0.636 bits per heavy atom. The van der Waals surface area contributed by atoms with E-state index in [-0.39, 0.29) is 0 Å². The second-order valence-electron chi connectivity index (χ2n) is 3.74. The van der Waals surface area contributed by atoms with Crippen molar-refractivity contribution >= 4 is 0 Å².